The highest BCUT2D eigenvalue weighted by molar-refractivity contribution is 6.31. The Morgan fingerprint density at radius 3 is 2.73 bits per heavy atom. The van der Waals surface area contributed by atoms with Crippen LogP contribution in [-0.4, -0.2) is 23.3 Å². The minimum Gasteiger partial charge on any atom is -0.441 e. The topological polar surface area (TPSA) is 84.2 Å². The number of anilines is 1. The van der Waals surface area contributed by atoms with Crippen LogP contribution in [0.3, 0.4) is 0 Å². The molecule has 2 aromatic carbocycles. The molecule has 2 N–H and O–H groups in total. The summed E-state index contributed by atoms with van der Waals surface area (Å²) in [6.07, 6.45) is 1.49. The Balaban J connectivity index is 1.47. The summed E-state index contributed by atoms with van der Waals surface area (Å²) in [4.78, 5) is 28.0. The average Bonchev–Trinajstić information content (AvgIpc) is 3.17. The van der Waals surface area contributed by atoms with Crippen LogP contribution in [0.15, 0.2) is 47.0 Å². The molecule has 6 nitrogen and oxygen atoms in total. The fourth-order valence-corrected chi connectivity index (χ4v) is 2.84. The van der Waals surface area contributed by atoms with Crippen molar-refractivity contribution in [2.24, 2.45) is 0 Å². The molecule has 3 rings (SSSR count). The smallest absolute Gasteiger partial charge is 0.243 e. The minimum atomic E-state index is -0.767. The predicted octanol–water partition coefficient (Wildman–Crippen LogP) is 4.27. The van der Waals surface area contributed by atoms with Crippen molar-refractivity contribution in [1.82, 2.24) is 10.3 Å². The zero-order chi connectivity index (χ0) is 21.7. The third kappa shape index (κ3) is 5.42. The highest BCUT2D eigenvalue weighted by Crippen LogP contribution is 2.25. The zero-order valence-electron chi connectivity index (χ0n) is 16.0. The molecule has 0 bridgehead atoms. The molecule has 9 heteroatoms. The standard InChI is InChI=1S/C21H18ClF2N3O3/c1-12-15(22)3-2-4-17(12)27-20(29)11-25-19(28)7-8-21-26-10-18(30-21)14-6-5-13(23)9-16(14)24/h2-6,9-10H,7-8,11H2,1H3,(H,25,28)(H,27,29). The first-order valence-electron chi connectivity index (χ1n) is 9.05. The predicted molar refractivity (Wildman–Crippen MR) is 108 cm³/mol. The normalized spacial score (nSPS) is 10.7. The molecule has 1 heterocycles. The molecule has 30 heavy (non-hydrogen) atoms. The molecule has 0 unspecified atom stereocenters. The van der Waals surface area contributed by atoms with Crippen LogP contribution >= 0.6 is 11.6 Å². The molecule has 0 saturated carbocycles. The van der Waals surface area contributed by atoms with Crippen LogP contribution in [0.2, 0.25) is 5.02 Å². The van der Waals surface area contributed by atoms with E-state index in [-0.39, 0.29) is 48.4 Å². The number of rotatable bonds is 7. The molecule has 0 spiro atoms. The van der Waals surface area contributed by atoms with Gasteiger partial charge in [0.25, 0.3) is 0 Å². The van der Waals surface area contributed by atoms with Gasteiger partial charge in [-0.2, -0.15) is 0 Å². The van der Waals surface area contributed by atoms with Gasteiger partial charge in [-0.05, 0) is 36.8 Å². The van der Waals surface area contributed by atoms with Crippen LogP contribution in [0.1, 0.15) is 17.9 Å². The maximum Gasteiger partial charge on any atom is 0.243 e. The van der Waals surface area contributed by atoms with E-state index in [0.29, 0.717) is 10.7 Å². The van der Waals surface area contributed by atoms with Gasteiger partial charge < -0.3 is 15.1 Å². The summed E-state index contributed by atoms with van der Waals surface area (Å²) < 4.78 is 32.2. The molecule has 3 aromatic rings. The molecule has 0 atom stereocenters. The quantitative estimate of drug-likeness (QED) is 0.582. The molecular weight excluding hydrogens is 416 g/mol. The molecule has 0 fully saturated rings. The van der Waals surface area contributed by atoms with Crippen molar-refractivity contribution < 1.29 is 22.8 Å². The van der Waals surface area contributed by atoms with Crippen molar-refractivity contribution in [3.8, 4) is 11.3 Å². The minimum absolute atomic E-state index is 0.0231. The first-order chi connectivity index (χ1) is 14.3. The molecule has 2 amide bonds. The number of halogens is 3. The van der Waals surface area contributed by atoms with Crippen molar-refractivity contribution in [3.05, 3.63) is 70.7 Å². The third-order valence-corrected chi connectivity index (χ3v) is 4.71. The fourth-order valence-electron chi connectivity index (χ4n) is 2.66. The van der Waals surface area contributed by atoms with E-state index < -0.39 is 11.6 Å². The van der Waals surface area contributed by atoms with Gasteiger partial charge in [0.05, 0.1) is 18.3 Å². The Kier molecular flexibility index (Phi) is 6.79. The van der Waals surface area contributed by atoms with Crippen molar-refractivity contribution in [2.45, 2.75) is 19.8 Å². The van der Waals surface area contributed by atoms with Crippen molar-refractivity contribution in [2.75, 3.05) is 11.9 Å². The van der Waals surface area contributed by atoms with Crippen LogP contribution in [0.4, 0.5) is 14.5 Å². The summed E-state index contributed by atoms with van der Waals surface area (Å²) >= 11 is 6.01. The van der Waals surface area contributed by atoms with E-state index in [1.165, 1.54) is 12.3 Å². The summed E-state index contributed by atoms with van der Waals surface area (Å²) in [7, 11) is 0. The van der Waals surface area contributed by atoms with E-state index in [4.69, 9.17) is 16.0 Å². The van der Waals surface area contributed by atoms with E-state index in [2.05, 4.69) is 15.6 Å². The van der Waals surface area contributed by atoms with Gasteiger partial charge in [0.15, 0.2) is 11.7 Å². The highest BCUT2D eigenvalue weighted by Gasteiger charge is 2.14. The molecule has 0 aliphatic heterocycles. The fraction of sp³-hybridized carbons (Fsp3) is 0.190. The Morgan fingerprint density at radius 2 is 1.97 bits per heavy atom. The Labute approximate surface area is 176 Å². The van der Waals surface area contributed by atoms with Crippen molar-refractivity contribution in [3.63, 3.8) is 0 Å². The van der Waals surface area contributed by atoms with Gasteiger partial charge in [0, 0.05) is 29.6 Å². The van der Waals surface area contributed by atoms with Gasteiger partial charge in [-0.15, -0.1) is 0 Å². The second-order valence-corrected chi connectivity index (χ2v) is 6.89. The number of amides is 2. The van der Waals surface area contributed by atoms with Crippen LogP contribution < -0.4 is 10.6 Å². The first kappa shape index (κ1) is 21.4. The van der Waals surface area contributed by atoms with Crippen molar-refractivity contribution >= 4 is 29.1 Å². The molecule has 0 aliphatic rings. The van der Waals surface area contributed by atoms with E-state index in [1.54, 1.807) is 25.1 Å². The van der Waals surface area contributed by atoms with Crippen molar-refractivity contribution in [1.29, 1.82) is 0 Å². The van der Waals surface area contributed by atoms with E-state index in [0.717, 1.165) is 17.7 Å². The number of oxazole rings is 1. The SMILES string of the molecule is Cc1c(Cl)cccc1NC(=O)CNC(=O)CCc1ncc(-c2ccc(F)cc2F)o1. The number of nitrogens with zero attached hydrogens (tertiary/aromatic N) is 1. The second-order valence-electron chi connectivity index (χ2n) is 6.48. The summed E-state index contributed by atoms with van der Waals surface area (Å²) in [6, 6.07) is 8.26. The third-order valence-electron chi connectivity index (χ3n) is 4.30. The molecule has 0 radical (unpaired) electrons. The Bertz CT molecular complexity index is 1090. The molecular formula is C21H18ClF2N3O3. The summed E-state index contributed by atoms with van der Waals surface area (Å²) in [5.41, 5.74) is 1.38. The van der Waals surface area contributed by atoms with E-state index in [1.807, 2.05) is 0 Å². The summed E-state index contributed by atoms with van der Waals surface area (Å²) in [5.74, 6) is -1.86. The monoisotopic (exact) mass is 433 g/mol. The lowest BCUT2D eigenvalue weighted by Crippen LogP contribution is -2.33. The number of nitrogens with one attached hydrogen (secondary N) is 2. The molecule has 156 valence electrons. The first-order valence-corrected chi connectivity index (χ1v) is 9.43. The van der Waals surface area contributed by atoms with Crippen LogP contribution in [0.5, 0.6) is 0 Å². The summed E-state index contributed by atoms with van der Waals surface area (Å²) in [6.45, 7) is 1.57. The largest absolute Gasteiger partial charge is 0.441 e. The summed E-state index contributed by atoms with van der Waals surface area (Å²) in [5, 5.41) is 5.72. The lowest BCUT2D eigenvalue weighted by atomic mass is 10.2. The maximum absolute atomic E-state index is 13.8. The van der Waals surface area contributed by atoms with Gasteiger partial charge >= 0.3 is 0 Å². The van der Waals surface area contributed by atoms with Crippen LogP contribution in [0, 0.1) is 18.6 Å². The number of carbonyl (C=O) groups excluding carboxylic acids is 2. The Morgan fingerprint density at radius 1 is 1.17 bits per heavy atom. The van der Waals surface area contributed by atoms with Gasteiger partial charge in [-0.3, -0.25) is 9.59 Å². The van der Waals surface area contributed by atoms with Gasteiger partial charge in [-0.25, -0.2) is 13.8 Å². The molecule has 0 aliphatic carbocycles. The highest BCUT2D eigenvalue weighted by atomic mass is 35.5. The number of benzene rings is 2. The number of hydrogen-bond donors (Lipinski definition) is 2. The number of carbonyl (C=O) groups is 2. The Hall–Kier alpha value is -3.26. The molecule has 1 aromatic heterocycles. The van der Waals surface area contributed by atoms with E-state index in [9.17, 15) is 18.4 Å². The van der Waals surface area contributed by atoms with Gasteiger partial charge in [0.1, 0.15) is 11.6 Å². The van der Waals surface area contributed by atoms with Crippen LogP contribution in [-0.2, 0) is 16.0 Å². The lowest BCUT2D eigenvalue weighted by Gasteiger charge is -2.10. The van der Waals surface area contributed by atoms with Gasteiger partial charge in [-0.1, -0.05) is 17.7 Å². The van der Waals surface area contributed by atoms with Gasteiger partial charge in [0.2, 0.25) is 11.8 Å². The second kappa shape index (κ2) is 9.49. The van der Waals surface area contributed by atoms with Crippen LogP contribution in [0.25, 0.3) is 11.3 Å². The number of hydrogen-bond acceptors (Lipinski definition) is 4. The number of aryl methyl sites for hydroxylation is 1. The van der Waals surface area contributed by atoms with E-state index >= 15 is 0 Å². The lowest BCUT2D eigenvalue weighted by molar-refractivity contribution is -0.124. The maximum atomic E-state index is 13.8. The number of aromatic nitrogens is 1. The molecule has 0 saturated heterocycles. The zero-order valence-corrected chi connectivity index (χ0v) is 16.7. The average molecular weight is 434 g/mol.